The molecule has 0 heterocycles. The first kappa shape index (κ1) is 13.4. The maximum Gasteiger partial charge on any atom is 1.00 e. The van der Waals surface area contributed by atoms with Gasteiger partial charge < -0.3 is 6.16 Å². The van der Waals surface area contributed by atoms with Gasteiger partial charge in [0.1, 0.15) is 5.75 Å². The molecule has 70 valence electrons. The van der Waals surface area contributed by atoms with Crippen molar-refractivity contribution in [3.05, 3.63) is 29.8 Å². The molecular formula is C10H11NaO3. The van der Waals surface area contributed by atoms with Crippen LogP contribution < -0.4 is 34.3 Å². The van der Waals surface area contributed by atoms with Crippen LogP contribution in [0.5, 0.6) is 5.75 Å². The van der Waals surface area contributed by atoms with Crippen molar-refractivity contribution in [3.63, 3.8) is 0 Å². The van der Waals surface area contributed by atoms with Crippen LogP contribution in [0.2, 0.25) is 0 Å². The Morgan fingerprint density at radius 2 is 1.64 bits per heavy atom. The minimum absolute atomic E-state index is 0. The third kappa shape index (κ3) is 4.05. The molecule has 0 spiro atoms. The van der Waals surface area contributed by atoms with Crippen LogP contribution in [0.15, 0.2) is 24.3 Å². The Balaban J connectivity index is 0. The first-order valence-electron chi connectivity index (χ1n) is 3.89. The van der Waals surface area contributed by atoms with E-state index in [0.29, 0.717) is 11.3 Å². The molecule has 0 saturated carbocycles. The molecule has 0 amide bonds. The van der Waals surface area contributed by atoms with Crippen molar-refractivity contribution in [2.45, 2.75) is 13.8 Å². The zero-order valence-electron chi connectivity index (χ0n) is 9.53. The van der Waals surface area contributed by atoms with Gasteiger partial charge in [0.15, 0.2) is 5.78 Å². The van der Waals surface area contributed by atoms with E-state index in [4.69, 9.17) is 4.74 Å². The summed E-state index contributed by atoms with van der Waals surface area (Å²) in [4.78, 5) is 21.4. The van der Waals surface area contributed by atoms with E-state index in [1.54, 1.807) is 24.3 Å². The van der Waals surface area contributed by atoms with Gasteiger partial charge in [-0.05, 0) is 31.2 Å². The molecule has 1 rings (SSSR count). The van der Waals surface area contributed by atoms with E-state index in [-0.39, 0.29) is 42.7 Å². The molecular weight excluding hydrogens is 191 g/mol. The summed E-state index contributed by atoms with van der Waals surface area (Å²) in [6.07, 6.45) is 0. The van der Waals surface area contributed by atoms with Crippen molar-refractivity contribution in [2.24, 2.45) is 0 Å². The van der Waals surface area contributed by atoms with Crippen LogP contribution in [0.3, 0.4) is 0 Å². The number of rotatable bonds is 2. The largest absolute Gasteiger partial charge is 1.00 e. The quantitative estimate of drug-likeness (QED) is 0.265. The maximum absolute atomic E-state index is 10.9. The summed E-state index contributed by atoms with van der Waals surface area (Å²) < 4.78 is 4.80. The van der Waals surface area contributed by atoms with E-state index in [9.17, 15) is 9.59 Å². The summed E-state index contributed by atoms with van der Waals surface area (Å²) in [5.41, 5.74) is 0.607. The molecule has 0 atom stereocenters. The normalized spacial score (nSPS) is 8.71. The summed E-state index contributed by atoms with van der Waals surface area (Å²) in [7, 11) is 0. The molecule has 0 N–H and O–H groups in total. The van der Waals surface area contributed by atoms with Gasteiger partial charge in [-0.1, -0.05) is 0 Å². The fraction of sp³-hybridized carbons (Fsp3) is 0.200. The second-order valence-corrected chi connectivity index (χ2v) is 2.67. The van der Waals surface area contributed by atoms with Gasteiger partial charge in [0.2, 0.25) is 0 Å². The van der Waals surface area contributed by atoms with Crippen molar-refractivity contribution in [2.75, 3.05) is 0 Å². The second-order valence-electron chi connectivity index (χ2n) is 2.67. The number of benzene rings is 1. The smallest absolute Gasteiger partial charge is 1.00 e. The van der Waals surface area contributed by atoms with E-state index in [0.717, 1.165) is 0 Å². The molecule has 0 bridgehead atoms. The number of esters is 1. The van der Waals surface area contributed by atoms with E-state index in [2.05, 4.69) is 0 Å². The number of ether oxygens (including phenoxy) is 1. The van der Waals surface area contributed by atoms with Crippen molar-refractivity contribution in [1.82, 2.24) is 0 Å². The summed E-state index contributed by atoms with van der Waals surface area (Å²) >= 11 is 0. The van der Waals surface area contributed by atoms with Gasteiger partial charge >= 0.3 is 35.5 Å². The molecule has 3 nitrogen and oxygen atoms in total. The van der Waals surface area contributed by atoms with Crippen molar-refractivity contribution >= 4 is 11.8 Å². The second kappa shape index (κ2) is 5.96. The van der Waals surface area contributed by atoms with Gasteiger partial charge in [-0.3, -0.25) is 9.59 Å². The zero-order chi connectivity index (χ0) is 9.84. The molecule has 0 aliphatic carbocycles. The van der Waals surface area contributed by atoms with Crippen LogP contribution in [-0.2, 0) is 4.79 Å². The fourth-order valence-corrected chi connectivity index (χ4v) is 0.924. The Morgan fingerprint density at radius 3 is 2.00 bits per heavy atom. The molecule has 4 heteroatoms. The van der Waals surface area contributed by atoms with Gasteiger partial charge in [0, 0.05) is 12.5 Å². The van der Waals surface area contributed by atoms with E-state index in [1.807, 2.05) is 0 Å². The van der Waals surface area contributed by atoms with Crippen molar-refractivity contribution < 1.29 is 45.3 Å². The molecule has 0 fully saturated rings. The van der Waals surface area contributed by atoms with E-state index < -0.39 is 0 Å². The Labute approximate surface area is 106 Å². The van der Waals surface area contributed by atoms with Gasteiger partial charge in [-0.15, -0.1) is 0 Å². The molecule has 0 radical (unpaired) electrons. The molecule has 0 aromatic heterocycles. The van der Waals surface area contributed by atoms with Gasteiger partial charge in [0.25, 0.3) is 0 Å². The summed E-state index contributed by atoms with van der Waals surface area (Å²) in [6, 6.07) is 6.44. The minimum Gasteiger partial charge on any atom is -1.00 e. The maximum atomic E-state index is 10.9. The Kier molecular flexibility index (Phi) is 5.69. The predicted molar refractivity (Wildman–Crippen MR) is 48.9 cm³/mol. The third-order valence-corrected chi connectivity index (χ3v) is 1.52. The van der Waals surface area contributed by atoms with Crippen LogP contribution >= 0.6 is 0 Å². The first-order chi connectivity index (χ1) is 6.09. The molecule has 0 saturated heterocycles. The minimum atomic E-state index is -0.365. The zero-order valence-corrected chi connectivity index (χ0v) is 10.5. The summed E-state index contributed by atoms with van der Waals surface area (Å²) in [6.45, 7) is 2.82. The fourth-order valence-electron chi connectivity index (χ4n) is 0.924. The molecule has 0 aliphatic rings. The number of hydrogen-bond donors (Lipinski definition) is 0. The Bertz CT molecular complexity index is 335. The van der Waals surface area contributed by atoms with Crippen molar-refractivity contribution in [3.8, 4) is 5.75 Å². The number of carbonyl (C=O) groups is 2. The van der Waals surface area contributed by atoms with Crippen molar-refractivity contribution in [1.29, 1.82) is 0 Å². The standard InChI is InChI=1S/C10H10O3.Na.H/c1-7(11)9-3-5-10(6-4-9)13-8(2)12;;/h3-6H,1-2H3;;/q;+1;-1. The first-order valence-corrected chi connectivity index (χ1v) is 3.89. The molecule has 1 aromatic carbocycles. The van der Waals surface area contributed by atoms with Crippen LogP contribution in [0.25, 0.3) is 0 Å². The SMILES string of the molecule is CC(=O)Oc1ccc(C(C)=O)cc1.[H-].[Na+]. The third-order valence-electron chi connectivity index (χ3n) is 1.52. The topological polar surface area (TPSA) is 43.4 Å². The Hall–Kier alpha value is -0.640. The monoisotopic (exact) mass is 202 g/mol. The molecule has 14 heavy (non-hydrogen) atoms. The van der Waals surface area contributed by atoms with E-state index in [1.165, 1.54) is 13.8 Å². The number of carbonyl (C=O) groups excluding carboxylic acids is 2. The van der Waals surface area contributed by atoms with Gasteiger partial charge in [-0.2, -0.15) is 0 Å². The molecule has 0 unspecified atom stereocenters. The molecule has 0 aliphatic heterocycles. The number of ketones is 1. The van der Waals surface area contributed by atoms with Crippen LogP contribution in [-0.4, -0.2) is 11.8 Å². The van der Waals surface area contributed by atoms with Gasteiger partial charge in [0.05, 0.1) is 0 Å². The summed E-state index contributed by atoms with van der Waals surface area (Å²) in [5.74, 6) is 0.0856. The summed E-state index contributed by atoms with van der Waals surface area (Å²) in [5, 5.41) is 0. The number of hydrogen-bond acceptors (Lipinski definition) is 3. The average Bonchev–Trinajstić information content (AvgIpc) is 2.04. The Morgan fingerprint density at radius 1 is 1.14 bits per heavy atom. The molecule has 1 aromatic rings. The van der Waals surface area contributed by atoms with Crippen LogP contribution in [0.1, 0.15) is 25.6 Å². The van der Waals surface area contributed by atoms with E-state index >= 15 is 0 Å². The van der Waals surface area contributed by atoms with Gasteiger partial charge in [-0.25, -0.2) is 0 Å². The average molecular weight is 202 g/mol. The van der Waals surface area contributed by atoms with Crippen LogP contribution in [0.4, 0.5) is 0 Å². The predicted octanol–water partition coefficient (Wildman–Crippen LogP) is -1.07. The van der Waals surface area contributed by atoms with Crippen LogP contribution in [0, 0.1) is 0 Å². The number of Topliss-reactive ketones (excluding diaryl/α,β-unsaturated/α-hetero) is 1.